The van der Waals surface area contributed by atoms with E-state index in [9.17, 15) is 5.11 Å². The average molecular weight is 475 g/mol. The second kappa shape index (κ2) is 10.2. The van der Waals surface area contributed by atoms with E-state index in [1.54, 1.807) is 5.57 Å². The van der Waals surface area contributed by atoms with E-state index < -0.39 is 0 Å². The molecule has 35 heavy (non-hydrogen) atoms. The van der Waals surface area contributed by atoms with Crippen molar-refractivity contribution in [3.63, 3.8) is 0 Å². The van der Waals surface area contributed by atoms with E-state index in [1.165, 1.54) is 63.4 Å². The first-order valence-corrected chi connectivity index (χ1v) is 14.9. The molecule has 9 atom stereocenters. The van der Waals surface area contributed by atoms with Crippen LogP contribution in [0.25, 0.3) is 6.08 Å². The summed E-state index contributed by atoms with van der Waals surface area (Å²) in [6.45, 7) is 10.2. The summed E-state index contributed by atoms with van der Waals surface area (Å²) in [7, 11) is 0. The molecule has 4 aliphatic carbocycles. The van der Waals surface area contributed by atoms with Gasteiger partial charge in [-0.25, -0.2) is 0 Å². The average Bonchev–Trinajstić information content (AvgIpc) is 3.21. The molecule has 0 saturated heterocycles. The minimum atomic E-state index is -0.0898. The molecule has 1 aromatic carbocycles. The summed E-state index contributed by atoms with van der Waals surface area (Å²) in [4.78, 5) is 0. The van der Waals surface area contributed by atoms with Crippen molar-refractivity contribution in [3.8, 4) is 0 Å². The maximum atomic E-state index is 10.3. The quantitative estimate of drug-likeness (QED) is 0.391. The third-order valence-corrected chi connectivity index (χ3v) is 11.6. The standard InChI is InChI=1S/C34H50O/c1-24(13-14-26-11-6-5-7-12-26)9-8-10-25(2)30-17-18-31-29-16-15-27-23-28(35)19-21-33(27,3)32(29)20-22-34(30,31)4/h5-7,11-15,24-25,28-32,35H,8-10,16-23H2,1-4H3/t24?,25-,28+,29+,30-,31+,32+,33+,34-/m1/s1. The van der Waals surface area contributed by atoms with Gasteiger partial charge in [0.2, 0.25) is 0 Å². The first-order valence-electron chi connectivity index (χ1n) is 14.9. The molecular formula is C34H50O. The molecule has 3 saturated carbocycles. The van der Waals surface area contributed by atoms with E-state index in [-0.39, 0.29) is 6.10 Å². The van der Waals surface area contributed by atoms with Crippen LogP contribution in [0.2, 0.25) is 0 Å². The lowest BCUT2D eigenvalue weighted by atomic mass is 9.47. The number of aliphatic hydroxyl groups excluding tert-OH is 1. The van der Waals surface area contributed by atoms with Crippen LogP contribution in [0.4, 0.5) is 0 Å². The smallest absolute Gasteiger partial charge is 0.0577 e. The van der Waals surface area contributed by atoms with Gasteiger partial charge in [0.1, 0.15) is 0 Å². The van der Waals surface area contributed by atoms with Crippen LogP contribution in [0.15, 0.2) is 48.1 Å². The van der Waals surface area contributed by atoms with Crippen molar-refractivity contribution in [2.45, 2.75) is 104 Å². The van der Waals surface area contributed by atoms with E-state index in [1.807, 2.05) is 0 Å². The highest BCUT2D eigenvalue weighted by atomic mass is 16.3. The van der Waals surface area contributed by atoms with E-state index in [0.717, 1.165) is 42.4 Å². The number of benzene rings is 1. The molecule has 0 amide bonds. The van der Waals surface area contributed by atoms with E-state index in [0.29, 0.717) is 16.7 Å². The fourth-order valence-electron chi connectivity index (χ4n) is 9.52. The summed E-state index contributed by atoms with van der Waals surface area (Å²) in [6.07, 6.45) is 21.5. The zero-order valence-electron chi connectivity index (χ0n) is 22.9. The lowest BCUT2D eigenvalue weighted by molar-refractivity contribution is -0.0572. The van der Waals surface area contributed by atoms with Crippen LogP contribution in [-0.4, -0.2) is 11.2 Å². The van der Waals surface area contributed by atoms with Gasteiger partial charge in [-0.3, -0.25) is 0 Å². The predicted octanol–water partition coefficient (Wildman–Crippen LogP) is 9.08. The Hall–Kier alpha value is -1.34. The highest BCUT2D eigenvalue weighted by Gasteiger charge is 2.59. The molecule has 1 N–H and O–H groups in total. The lowest BCUT2D eigenvalue weighted by Crippen LogP contribution is -2.50. The SMILES string of the molecule is CC(C=Cc1ccccc1)CCC[C@@H](C)[C@H]1CC[C@H]2[C@@H]3CC=C4C[C@@H](O)CC[C@]4(C)[C@H]3CC[C@]12C. The number of rotatable bonds is 7. The molecule has 5 rings (SSSR count). The van der Waals surface area contributed by atoms with Crippen molar-refractivity contribution in [2.75, 3.05) is 0 Å². The normalized spacial score (nSPS) is 40.5. The summed E-state index contributed by atoms with van der Waals surface area (Å²) >= 11 is 0. The monoisotopic (exact) mass is 474 g/mol. The Morgan fingerprint density at radius 3 is 2.57 bits per heavy atom. The third-order valence-electron chi connectivity index (χ3n) is 11.6. The van der Waals surface area contributed by atoms with Gasteiger partial charge in [0.25, 0.3) is 0 Å². The Balaban J connectivity index is 1.18. The number of hydrogen-bond acceptors (Lipinski definition) is 1. The molecule has 0 aliphatic heterocycles. The van der Waals surface area contributed by atoms with Crippen molar-refractivity contribution in [1.82, 2.24) is 0 Å². The number of hydrogen-bond donors (Lipinski definition) is 1. The minimum absolute atomic E-state index is 0.0898. The Morgan fingerprint density at radius 2 is 1.77 bits per heavy atom. The van der Waals surface area contributed by atoms with Crippen LogP contribution in [0.5, 0.6) is 0 Å². The summed E-state index contributed by atoms with van der Waals surface area (Å²) in [5, 5.41) is 10.3. The van der Waals surface area contributed by atoms with Crippen LogP contribution >= 0.6 is 0 Å². The van der Waals surface area contributed by atoms with Crippen LogP contribution in [0.1, 0.15) is 104 Å². The fourth-order valence-corrected chi connectivity index (χ4v) is 9.52. The zero-order chi connectivity index (χ0) is 24.6. The van der Waals surface area contributed by atoms with Gasteiger partial charge in [0.05, 0.1) is 6.10 Å². The first-order chi connectivity index (χ1) is 16.8. The van der Waals surface area contributed by atoms with E-state index in [2.05, 4.69) is 76.3 Å². The van der Waals surface area contributed by atoms with Gasteiger partial charge in [-0.05, 0) is 110 Å². The molecule has 1 unspecified atom stereocenters. The van der Waals surface area contributed by atoms with Crippen LogP contribution in [0.3, 0.4) is 0 Å². The van der Waals surface area contributed by atoms with Gasteiger partial charge in [-0.1, -0.05) is 94.7 Å². The summed E-state index contributed by atoms with van der Waals surface area (Å²) < 4.78 is 0. The van der Waals surface area contributed by atoms with Gasteiger partial charge in [0.15, 0.2) is 0 Å². The molecule has 1 heteroatoms. The molecular weight excluding hydrogens is 424 g/mol. The Labute approximate surface area is 215 Å². The number of allylic oxidation sites excluding steroid dienone is 2. The molecule has 1 aromatic rings. The summed E-state index contributed by atoms with van der Waals surface area (Å²) in [5.74, 6) is 5.08. The molecule has 192 valence electrons. The van der Waals surface area contributed by atoms with Gasteiger partial charge in [0, 0.05) is 0 Å². The predicted molar refractivity (Wildman–Crippen MR) is 149 cm³/mol. The highest BCUT2D eigenvalue weighted by Crippen LogP contribution is 2.67. The van der Waals surface area contributed by atoms with Gasteiger partial charge in [-0.2, -0.15) is 0 Å². The van der Waals surface area contributed by atoms with Crippen molar-refractivity contribution in [3.05, 3.63) is 53.6 Å². The minimum Gasteiger partial charge on any atom is -0.393 e. The maximum absolute atomic E-state index is 10.3. The summed E-state index contributed by atoms with van der Waals surface area (Å²) in [5.41, 5.74) is 3.85. The zero-order valence-corrected chi connectivity index (χ0v) is 22.9. The number of aliphatic hydroxyl groups is 1. The molecule has 4 aliphatic rings. The van der Waals surface area contributed by atoms with Gasteiger partial charge in [-0.15, -0.1) is 0 Å². The van der Waals surface area contributed by atoms with Crippen molar-refractivity contribution >= 4 is 6.08 Å². The Bertz CT molecular complexity index is 914. The van der Waals surface area contributed by atoms with Crippen molar-refractivity contribution in [2.24, 2.45) is 46.3 Å². The second-order valence-electron chi connectivity index (χ2n) is 13.5. The van der Waals surface area contributed by atoms with Crippen molar-refractivity contribution < 1.29 is 5.11 Å². The van der Waals surface area contributed by atoms with Gasteiger partial charge < -0.3 is 5.11 Å². The molecule has 0 spiro atoms. The fraction of sp³-hybridized carbons (Fsp3) is 0.706. The van der Waals surface area contributed by atoms with E-state index in [4.69, 9.17) is 0 Å². The first kappa shape index (κ1) is 25.3. The molecule has 3 fully saturated rings. The molecule has 0 bridgehead atoms. The number of fused-ring (bicyclic) bond motifs is 5. The molecule has 0 radical (unpaired) electrons. The highest BCUT2D eigenvalue weighted by molar-refractivity contribution is 5.48. The molecule has 1 nitrogen and oxygen atoms in total. The topological polar surface area (TPSA) is 20.2 Å². The second-order valence-corrected chi connectivity index (χ2v) is 13.5. The van der Waals surface area contributed by atoms with E-state index >= 15 is 0 Å². The maximum Gasteiger partial charge on any atom is 0.0577 e. The van der Waals surface area contributed by atoms with Crippen LogP contribution in [-0.2, 0) is 0 Å². The summed E-state index contributed by atoms with van der Waals surface area (Å²) in [6, 6.07) is 10.7. The lowest BCUT2D eigenvalue weighted by Gasteiger charge is -2.58. The Morgan fingerprint density at radius 1 is 0.971 bits per heavy atom. The largest absolute Gasteiger partial charge is 0.393 e. The van der Waals surface area contributed by atoms with Crippen molar-refractivity contribution in [1.29, 1.82) is 0 Å². The Kier molecular flexibility index (Phi) is 7.38. The third kappa shape index (κ3) is 4.84. The molecule has 0 aromatic heterocycles. The van der Waals surface area contributed by atoms with Crippen LogP contribution < -0.4 is 0 Å². The van der Waals surface area contributed by atoms with Gasteiger partial charge >= 0.3 is 0 Å². The molecule has 0 heterocycles. The van der Waals surface area contributed by atoms with Crippen LogP contribution in [0, 0.1) is 46.3 Å².